The second-order valence-corrected chi connectivity index (χ2v) is 3.42. The summed E-state index contributed by atoms with van der Waals surface area (Å²) in [6.07, 6.45) is 0.167. The molecule has 0 aliphatic heterocycles. The first kappa shape index (κ1) is 11.7. The fraction of sp³-hybridized carbons (Fsp3) is 0.417. The molecule has 82 valence electrons. The predicted molar refractivity (Wildman–Crippen MR) is 57.8 cm³/mol. The maximum Gasteiger partial charge on any atom is 0.338 e. The van der Waals surface area contributed by atoms with E-state index >= 15 is 0 Å². The van der Waals surface area contributed by atoms with Gasteiger partial charge >= 0.3 is 5.97 Å². The Balaban J connectivity index is 2.25. The molecule has 0 atom stereocenters. The zero-order valence-corrected chi connectivity index (χ0v) is 9.10. The molecule has 0 fully saturated rings. The molecule has 1 aromatic rings. The lowest BCUT2D eigenvalue weighted by atomic mass is 10.2. The van der Waals surface area contributed by atoms with Gasteiger partial charge in [0.1, 0.15) is 6.61 Å². The number of ether oxygens (including phenoxy) is 2. The number of rotatable bonds is 5. The highest BCUT2D eigenvalue weighted by Crippen LogP contribution is 2.00. The molecule has 0 unspecified atom stereocenters. The topological polar surface area (TPSA) is 35.5 Å². The molecule has 0 bridgehead atoms. The Morgan fingerprint density at radius 3 is 2.47 bits per heavy atom. The van der Waals surface area contributed by atoms with Crippen molar-refractivity contribution in [1.82, 2.24) is 0 Å². The Morgan fingerprint density at radius 1 is 1.20 bits per heavy atom. The first-order valence-corrected chi connectivity index (χ1v) is 5.04. The van der Waals surface area contributed by atoms with Crippen LogP contribution in [-0.2, 0) is 9.47 Å². The summed E-state index contributed by atoms with van der Waals surface area (Å²) in [5.41, 5.74) is 0.571. The molecule has 3 heteroatoms. The van der Waals surface area contributed by atoms with Crippen molar-refractivity contribution in [2.24, 2.45) is 0 Å². The molecule has 0 heterocycles. The highest BCUT2D eigenvalue weighted by molar-refractivity contribution is 5.89. The van der Waals surface area contributed by atoms with Gasteiger partial charge < -0.3 is 9.47 Å². The number of benzene rings is 1. The normalized spacial score (nSPS) is 10.3. The van der Waals surface area contributed by atoms with Crippen LogP contribution in [0.15, 0.2) is 30.3 Å². The highest BCUT2D eigenvalue weighted by atomic mass is 16.6. The van der Waals surface area contributed by atoms with Crippen molar-refractivity contribution in [2.45, 2.75) is 20.0 Å². The van der Waals surface area contributed by atoms with E-state index in [2.05, 4.69) is 0 Å². The summed E-state index contributed by atoms with van der Waals surface area (Å²) in [5, 5.41) is 0. The van der Waals surface area contributed by atoms with Crippen LogP contribution in [0.1, 0.15) is 24.2 Å². The van der Waals surface area contributed by atoms with E-state index in [1.165, 1.54) is 0 Å². The Morgan fingerprint density at radius 2 is 1.87 bits per heavy atom. The van der Waals surface area contributed by atoms with Crippen molar-refractivity contribution >= 4 is 5.97 Å². The van der Waals surface area contributed by atoms with Crippen LogP contribution in [0.5, 0.6) is 0 Å². The van der Waals surface area contributed by atoms with Gasteiger partial charge in [0.25, 0.3) is 0 Å². The van der Waals surface area contributed by atoms with Crippen LogP contribution < -0.4 is 0 Å². The molecule has 0 saturated carbocycles. The second kappa shape index (κ2) is 6.19. The summed E-state index contributed by atoms with van der Waals surface area (Å²) >= 11 is 0. The predicted octanol–water partition coefficient (Wildman–Crippen LogP) is 2.27. The maximum atomic E-state index is 11.4. The quantitative estimate of drug-likeness (QED) is 0.550. The molecule has 0 aromatic heterocycles. The summed E-state index contributed by atoms with van der Waals surface area (Å²) in [4.78, 5) is 11.4. The van der Waals surface area contributed by atoms with E-state index in [-0.39, 0.29) is 12.1 Å². The Labute approximate surface area is 90.0 Å². The number of carbonyl (C=O) groups excluding carboxylic acids is 1. The Hall–Kier alpha value is -1.35. The van der Waals surface area contributed by atoms with Crippen molar-refractivity contribution < 1.29 is 14.3 Å². The third kappa shape index (κ3) is 4.61. The van der Waals surface area contributed by atoms with Gasteiger partial charge in [-0.05, 0) is 26.0 Å². The molecule has 0 aliphatic rings. The van der Waals surface area contributed by atoms with Gasteiger partial charge in [-0.15, -0.1) is 0 Å². The van der Waals surface area contributed by atoms with Crippen LogP contribution in [0.25, 0.3) is 0 Å². The molecule has 1 rings (SSSR count). The number of esters is 1. The molecule has 0 spiro atoms. The minimum atomic E-state index is -0.303. The van der Waals surface area contributed by atoms with Crippen LogP contribution in [0.2, 0.25) is 0 Å². The van der Waals surface area contributed by atoms with Crippen molar-refractivity contribution in [3.05, 3.63) is 35.9 Å². The lowest BCUT2D eigenvalue weighted by molar-refractivity contribution is 0.0177. The van der Waals surface area contributed by atoms with E-state index in [4.69, 9.17) is 9.47 Å². The highest BCUT2D eigenvalue weighted by Gasteiger charge is 2.05. The molecule has 0 N–H and O–H groups in total. The summed E-state index contributed by atoms with van der Waals surface area (Å²) in [6.45, 7) is 4.63. The van der Waals surface area contributed by atoms with Crippen molar-refractivity contribution in [2.75, 3.05) is 13.2 Å². The zero-order valence-electron chi connectivity index (χ0n) is 9.10. The van der Waals surface area contributed by atoms with Gasteiger partial charge in [0.2, 0.25) is 0 Å². The third-order valence-corrected chi connectivity index (χ3v) is 1.78. The van der Waals surface area contributed by atoms with E-state index in [1.54, 1.807) is 24.3 Å². The van der Waals surface area contributed by atoms with Crippen molar-refractivity contribution in [1.29, 1.82) is 0 Å². The minimum Gasteiger partial charge on any atom is -0.460 e. The SMILES string of the molecule is CC(C)OCCOC(=O)c1ccccc1. The Bertz CT molecular complexity index is 293. The monoisotopic (exact) mass is 208 g/mol. The fourth-order valence-electron chi connectivity index (χ4n) is 1.08. The molecule has 1 aromatic carbocycles. The van der Waals surface area contributed by atoms with E-state index in [1.807, 2.05) is 19.9 Å². The minimum absolute atomic E-state index is 0.167. The average molecular weight is 208 g/mol. The molecular formula is C12H16O3. The average Bonchev–Trinajstić information content (AvgIpc) is 2.25. The van der Waals surface area contributed by atoms with Gasteiger partial charge in [0.15, 0.2) is 0 Å². The van der Waals surface area contributed by atoms with Crippen molar-refractivity contribution in [3.8, 4) is 0 Å². The molecule has 0 saturated heterocycles. The first-order valence-electron chi connectivity index (χ1n) is 5.04. The summed E-state index contributed by atoms with van der Waals surface area (Å²) < 4.78 is 10.3. The van der Waals surface area contributed by atoms with Gasteiger partial charge in [-0.2, -0.15) is 0 Å². The van der Waals surface area contributed by atoms with E-state index < -0.39 is 0 Å². The molecule has 0 radical (unpaired) electrons. The van der Waals surface area contributed by atoms with E-state index in [0.717, 1.165) is 0 Å². The second-order valence-electron chi connectivity index (χ2n) is 3.42. The van der Waals surface area contributed by atoms with Crippen LogP contribution >= 0.6 is 0 Å². The van der Waals surface area contributed by atoms with E-state index in [9.17, 15) is 4.79 Å². The number of carbonyl (C=O) groups is 1. The van der Waals surface area contributed by atoms with Gasteiger partial charge in [0, 0.05) is 0 Å². The Kier molecular flexibility index (Phi) is 4.84. The molecule has 3 nitrogen and oxygen atoms in total. The standard InChI is InChI=1S/C12H16O3/c1-10(2)14-8-9-15-12(13)11-6-4-3-5-7-11/h3-7,10H,8-9H2,1-2H3. The first-order chi connectivity index (χ1) is 7.20. The molecule has 15 heavy (non-hydrogen) atoms. The smallest absolute Gasteiger partial charge is 0.338 e. The molecule has 0 amide bonds. The summed E-state index contributed by atoms with van der Waals surface area (Å²) in [5.74, 6) is -0.303. The van der Waals surface area contributed by atoms with Crippen LogP contribution in [0.4, 0.5) is 0 Å². The fourth-order valence-corrected chi connectivity index (χ4v) is 1.08. The largest absolute Gasteiger partial charge is 0.460 e. The number of hydrogen-bond acceptors (Lipinski definition) is 3. The lowest BCUT2D eigenvalue weighted by Crippen LogP contribution is -2.13. The van der Waals surface area contributed by atoms with Gasteiger partial charge in [-0.1, -0.05) is 18.2 Å². The van der Waals surface area contributed by atoms with Gasteiger partial charge in [-0.3, -0.25) is 0 Å². The van der Waals surface area contributed by atoms with Gasteiger partial charge in [0.05, 0.1) is 18.3 Å². The van der Waals surface area contributed by atoms with Crippen LogP contribution in [0.3, 0.4) is 0 Å². The lowest BCUT2D eigenvalue weighted by Gasteiger charge is -2.08. The molecule has 0 aliphatic carbocycles. The third-order valence-electron chi connectivity index (χ3n) is 1.78. The summed E-state index contributed by atoms with van der Waals surface area (Å²) in [6, 6.07) is 8.93. The number of hydrogen-bond donors (Lipinski definition) is 0. The summed E-state index contributed by atoms with van der Waals surface area (Å²) in [7, 11) is 0. The van der Waals surface area contributed by atoms with Crippen LogP contribution in [0, 0.1) is 0 Å². The van der Waals surface area contributed by atoms with Crippen LogP contribution in [-0.4, -0.2) is 25.3 Å². The molecular weight excluding hydrogens is 192 g/mol. The van der Waals surface area contributed by atoms with Crippen molar-refractivity contribution in [3.63, 3.8) is 0 Å². The zero-order chi connectivity index (χ0) is 11.1. The van der Waals surface area contributed by atoms with E-state index in [0.29, 0.717) is 18.8 Å². The maximum absolute atomic E-state index is 11.4. The van der Waals surface area contributed by atoms with Gasteiger partial charge in [-0.25, -0.2) is 4.79 Å².